The van der Waals surface area contributed by atoms with Crippen LogP contribution in [0.25, 0.3) is 11.4 Å². The summed E-state index contributed by atoms with van der Waals surface area (Å²) in [4.78, 5) is 7.16. The molecule has 0 amide bonds. The van der Waals surface area contributed by atoms with Crippen molar-refractivity contribution in [3.05, 3.63) is 35.9 Å². The molecule has 0 aromatic carbocycles. The molecule has 24 heavy (non-hydrogen) atoms. The van der Waals surface area contributed by atoms with Gasteiger partial charge in [0.05, 0.1) is 18.1 Å². The van der Waals surface area contributed by atoms with Crippen LogP contribution in [-0.2, 0) is 9.84 Å². The van der Waals surface area contributed by atoms with Crippen LogP contribution in [-0.4, -0.2) is 36.9 Å². The van der Waals surface area contributed by atoms with Crippen LogP contribution in [0.2, 0.25) is 0 Å². The monoisotopic (exact) mass is 363 g/mol. The molecule has 0 aliphatic carbocycles. The van der Waals surface area contributed by atoms with Crippen LogP contribution < -0.4 is 9.47 Å². The highest BCUT2D eigenvalue weighted by Gasteiger charge is 2.29. The number of hydrogen-bond donors (Lipinski definition) is 0. The first-order valence-corrected chi connectivity index (χ1v) is 8.26. The van der Waals surface area contributed by atoms with E-state index < -0.39 is 28.5 Å². The van der Waals surface area contributed by atoms with Crippen molar-refractivity contribution in [2.24, 2.45) is 0 Å². The van der Waals surface area contributed by atoms with Crippen LogP contribution in [0.1, 0.15) is 6.92 Å². The van der Waals surface area contributed by atoms with Gasteiger partial charge in [0.1, 0.15) is 4.90 Å². The Morgan fingerprint density at radius 1 is 1.29 bits per heavy atom. The lowest BCUT2D eigenvalue weighted by Gasteiger charge is -2.10. The highest BCUT2D eigenvalue weighted by molar-refractivity contribution is 7.91. The molecule has 0 radical (unpaired) electrons. The van der Waals surface area contributed by atoms with Gasteiger partial charge in [0, 0.05) is 6.07 Å². The second-order valence-electron chi connectivity index (χ2n) is 4.59. The Hall–Kier alpha value is -2.43. The predicted molar refractivity (Wildman–Crippen MR) is 75.7 cm³/mol. The van der Waals surface area contributed by atoms with Gasteiger partial charge < -0.3 is 9.94 Å². The summed E-state index contributed by atoms with van der Waals surface area (Å²) in [6, 6.07) is 2.52. The van der Waals surface area contributed by atoms with E-state index in [0.29, 0.717) is 4.73 Å². The molecule has 11 heteroatoms. The first-order chi connectivity index (χ1) is 11.1. The SMILES string of the molecule is CCS(=O)(=O)c1ccc[n+]([O-])c1-c1cnc(OCC(F)(F)F)cn1. The number of nitrogens with zero attached hydrogens (tertiary/aromatic N) is 3. The second-order valence-corrected chi connectivity index (χ2v) is 6.84. The van der Waals surface area contributed by atoms with Crippen molar-refractivity contribution < 1.29 is 31.1 Å². The summed E-state index contributed by atoms with van der Waals surface area (Å²) < 4.78 is 65.1. The molecule has 0 fully saturated rings. The molecule has 2 heterocycles. The number of sulfone groups is 1. The van der Waals surface area contributed by atoms with Crippen molar-refractivity contribution in [2.45, 2.75) is 18.0 Å². The topological polar surface area (TPSA) is 96.1 Å². The van der Waals surface area contributed by atoms with Gasteiger partial charge in [-0.15, -0.1) is 0 Å². The van der Waals surface area contributed by atoms with Crippen molar-refractivity contribution >= 4 is 9.84 Å². The van der Waals surface area contributed by atoms with E-state index >= 15 is 0 Å². The van der Waals surface area contributed by atoms with E-state index in [1.165, 1.54) is 19.1 Å². The Morgan fingerprint density at radius 3 is 2.54 bits per heavy atom. The van der Waals surface area contributed by atoms with Gasteiger partial charge in [-0.25, -0.2) is 18.4 Å². The molecule has 0 unspecified atom stereocenters. The summed E-state index contributed by atoms with van der Waals surface area (Å²) in [5.41, 5.74) is -0.355. The molecule has 0 spiro atoms. The molecule has 0 aliphatic rings. The van der Waals surface area contributed by atoms with Crippen molar-refractivity contribution in [2.75, 3.05) is 12.4 Å². The zero-order valence-corrected chi connectivity index (χ0v) is 13.1. The number of halogens is 3. The molecule has 0 atom stereocenters. The lowest BCUT2D eigenvalue weighted by atomic mass is 10.3. The third-order valence-electron chi connectivity index (χ3n) is 2.89. The maximum Gasteiger partial charge on any atom is 0.422 e. The highest BCUT2D eigenvalue weighted by atomic mass is 32.2. The lowest BCUT2D eigenvalue weighted by Crippen LogP contribution is -2.31. The Labute approximate surface area is 135 Å². The minimum absolute atomic E-state index is 0.100. The first-order valence-electron chi connectivity index (χ1n) is 6.61. The zero-order chi connectivity index (χ0) is 18.0. The van der Waals surface area contributed by atoms with Crippen LogP contribution in [0.3, 0.4) is 0 Å². The largest absolute Gasteiger partial charge is 0.618 e. The Balaban J connectivity index is 2.39. The summed E-state index contributed by atoms with van der Waals surface area (Å²) in [6.07, 6.45) is -1.58. The molecule has 0 bridgehead atoms. The minimum Gasteiger partial charge on any atom is -0.618 e. The standard InChI is InChI=1S/C13H12F3N3O4S/c1-2-24(21,22)10-4-3-5-19(20)12(10)9-6-18-11(7-17-9)23-8-13(14,15)16/h3-7H,2,8H2,1H3. The average Bonchev–Trinajstić information content (AvgIpc) is 2.52. The average molecular weight is 363 g/mol. The van der Waals surface area contributed by atoms with Gasteiger partial charge in [0.25, 0.3) is 5.69 Å². The normalized spacial score (nSPS) is 12.2. The number of pyridine rings is 1. The highest BCUT2D eigenvalue weighted by Crippen LogP contribution is 2.24. The van der Waals surface area contributed by atoms with Gasteiger partial charge in [0.15, 0.2) is 28.3 Å². The van der Waals surface area contributed by atoms with E-state index in [-0.39, 0.29) is 22.0 Å². The summed E-state index contributed by atoms with van der Waals surface area (Å²) in [6.45, 7) is -0.121. The van der Waals surface area contributed by atoms with Gasteiger partial charge in [0.2, 0.25) is 5.88 Å². The number of rotatable bonds is 5. The number of ether oxygens (including phenoxy) is 1. The third kappa shape index (κ3) is 4.10. The van der Waals surface area contributed by atoms with Gasteiger partial charge in [-0.2, -0.15) is 17.9 Å². The molecule has 2 rings (SSSR count). The smallest absolute Gasteiger partial charge is 0.422 e. The molecule has 7 nitrogen and oxygen atoms in total. The maximum absolute atomic E-state index is 12.1. The van der Waals surface area contributed by atoms with E-state index in [9.17, 15) is 26.8 Å². The molecule has 0 saturated carbocycles. The number of alkyl halides is 3. The summed E-state index contributed by atoms with van der Waals surface area (Å²) in [5.74, 6) is -0.631. The van der Waals surface area contributed by atoms with Gasteiger partial charge in [-0.05, 0) is 6.07 Å². The second kappa shape index (κ2) is 6.59. The Morgan fingerprint density at radius 2 is 2.00 bits per heavy atom. The Kier molecular flexibility index (Phi) is 4.92. The van der Waals surface area contributed by atoms with Gasteiger partial charge >= 0.3 is 6.18 Å². The van der Waals surface area contributed by atoms with Crippen LogP contribution >= 0.6 is 0 Å². The predicted octanol–water partition coefficient (Wildman–Crippen LogP) is 1.51. The number of hydrogen-bond acceptors (Lipinski definition) is 6. The van der Waals surface area contributed by atoms with Crippen molar-refractivity contribution in [1.82, 2.24) is 9.97 Å². The zero-order valence-electron chi connectivity index (χ0n) is 12.3. The van der Waals surface area contributed by atoms with E-state index in [1.807, 2.05) is 0 Å². The van der Waals surface area contributed by atoms with Gasteiger partial charge in [-0.3, -0.25) is 0 Å². The number of aromatic nitrogens is 3. The van der Waals surface area contributed by atoms with Gasteiger partial charge in [-0.1, -0.05) is 6.92 Å². The fourth-order valence-corrected chi connectivity index (χ4v) is 2.87. The van der Waals surface area contributed by atoms with Crippen LogP contribution in [0, 0.1) is 5.21 Å². The molecule has 0 saturated heterocycles. The molecule has 0 aliphatic heterocycles. The van der Waals surface area contributed by atoms with E-state index in [2.05, 4.69) is 14.7 Å². The fourth-order valence-electron chi connectivity index (χ4n) is 1.79. The summed E-state index contributed by atoms with van der Waals surface area (Å²) >= 11 is 0. The van der Waals surface area contributed by atoms with Crippen molar-refractivity contribution in [3.63, 3.8) is 0 Å². The molecule has 0 N–H and O–H groups in total. The molecular weight excluding hydrogens is 351 g/mol. The molecule has 2 aromatic heterocycles. The lowest BCUT2D eigenvalue weighted by molar-refractivity contribution is -0.595. The van der Waals surface area contributed by atoms with Crippen molar-refractivity contribution in [3.8, 4) is 17.3 Å². The summed E-state index contributed by atoms with van der Waals surface area (Å²) in [7, 11) is -3.71. The molecule has 130 valence electrons. The van der Waals surface area contributed by atoms with E-state index in [0.717, 1.165) is 18.6 Å². The molecule has 2 aromatic rings. The first kappa shape index (κ1) is 17.9. The third-order valence-corrected chi connectivity index (χ3v) is 4.65. The van der Waals surface area contributed by atoms with E-state index in [1.54, 1.807) is 0 Å². The van der Waals surface area contributed by atoms with E-state index in [4.69, 9.17) is 0 Å². The minimum atomic E-state index is -4.53. The van der Waals surface area contributed by atoms with Crippen LogP contribution in [0.5, 0.6) is 5.88 Å². The maximum atomic E-state index is 12.1. The Bertz CT molecular complexity index is 823. The summed E-state index contributed by atoms with van der Waals surface area (Å²) in [5, 5.41) is 11.9. The van der Waals surface area contributed by atoms with Crippen molar-refractivity contribution in [1.29, 1.82) is 0 Å². The van der Waals surface area contributed by atoms with Crippen LogP contribution in [0.4, 0.5) is 13.2 Å². The molecular formula is C13H12F3N3O4S. The fraction of sp³-hybridized carbons (Fsp3) is 0.308. The quantitative estimate of drug-likeness (QED) is 0.590. The van der Waals surface area contributed by atoms with Crippen LogP contribution in [0.15, 0.2) is 35.6 Å².